The van der Waals surface area contributed by atoms with Crippen molar-refractivity contribution in [3.05, 3.63) is 41.6 Å². The second kappa shape index (κ2) is 5.35. The van der Waals surface area contributed by atoms with Crippen molar-refractivity contribution in [1.82, 2.24) is 0 Å². The van der Waals surface area contributed by atoms with Gasteiger partial charge in [-0.25, -0.2) is 0 Å². The minimum Gasteiger partial charge on any atom is -0.402 e. The topological polar surface area (TPSA) is 38.4 Å². The van der Waals surface area contributed by atoms with Gasteiger partial charge in [0.2, 0.25) is 0 Å². The lowest BCUT2D eigenvalue weighted by atomic mass is 10.1. The van der Waals surface area contributed by atoms with Crippen molar-refractivity contribution in [3.63, 3.8) is 0 Å². The molecule has 0 saturated heterocycles. The maximum Gasteiger partial charge on any atom is 0.0658 e. The average Bonchev–Trinajstić information content (AvgIpc) is 2.20. The first-order valence-corrected chi connectivity index (χ1v) is 5.16. The van der Waals surface area contributed by atoms with Crippen molar-refractivity contribution < 1.29 is 0 Å². The molecule has 1 rings (SSSR count). The standard InChI is InChI=1S/C13H18N2/c1-10(2)12(14)8-9-15-13-7-5-4-6-11(13)3/h4-10H,14H2,1-3H3. The normalized spacial score (nSPS) is 12.7. The van der Waals surface area contributed by atoms with Crippen LogP contribution < -0.4 is 5.73 Å². The number of aryl methyl sites for hydroxylation is 1. The molecule has 0 spiro atoms. The molecule has 0 aromatic heterocycles. The summed E-state index contributed by atoms with van der Waals surface area (Å²) in [6.45, 7) is 6.17. The Bertz CT molecular complexity index is 376. The van der Waals surface area contributed by atoms with E-state index < -0.39 is 0 Å². The van der Waals surface area contributed by atoms with Crippen LogP contribution >= 0.6 is 0 Å². The van der Waals surface area contributed by atoms with Crippen molar-refractivity contribution in [2.45, 2.75) is 20.8 Å². The molecule has 0 aliphatic carbocycles. The fraction of sp³-hybridized carbons (Fsp3) is 0.308. The largest absolute Gasteiger partial charge is 0.402 e. The molecule has 0 fully saturated rings. The Morgan fingerprint density at radius 1 is 1.33 bits per heavy atom. The fourth-order valence-electron chi connectivity index (χ4n) is 1.10. The van der Waals surface area contributed by atoms with Gasteiger partial charge in [0.25, 0.3) is 0 Å². The number of aliphatic imine (C=N–C) groups is 1. The number of hydrogen-bond donors (Lipinski definition) is 1. The van der Waals surface area contributed by atoms with Crippen LogP contribution in [-0.4, -0.2) is 6.21 Å². The summed E-state index contributed by atoms with van der Waals surface area (Å²) in [6.07, 6.45) is 3.62. The van der Waals surface area contributed by atoms with E-state index in [1.165, 1.54) is 5.56 Å². The van der Waals surface area contributed by atoms with Gasteiger partial charge in [-0.15, -0.1) is 0 Å². The van der Waals surface area contributed by atoms with Gasteiger partial charge < -0.3 is 5.73 Å². The molecule has 0 amide bonds. The number of para-hydroxylation sites is 1. The lowest BCUT2D eigenvalue weighted by Crippen LogP contribution is -2.04. The fourth-order valence-corrected chi connectivity index (χ4v) is 1.10. The van der Waals surface area contributed by atoms with Crippen LogP contribution in [0.1, 0.15) is 19.4 Å². The Morgan fingerprint density at radius 3 is 2.60 bits per heavy atom. The van der Waals surface area contributed by atoms with E-state index in [0.717, 1.165) is 11.4 Å². The highest BCUT2D eigenvalue weighted by atomic mass is 14.7. The molecule has 0 aliphatic rings. The second-order valence-electron chi connectivity index (χ2n) is 3.89. The van der Waals surface area contributed by atoms with Gasteiger partial charge in [0.1, 0.15) is 0 Å². The molecular weight excluding hydrogens is 184 g/mol. The number of nitrogens with zero attached hydrogens (tertiary/aromatic N) is 1. The zero-order valence-electron chi connectivity index (χ0n) is 9.57. The summed E-state index contributed by atoms with van der Waals surface area (Å²) in [4.78, 5) is 4.35. The Balaban J connectivity index is 2.75. The van der Waals surface area contributed by atoms with E-state index in [1.54, 1.807) is 6.21 Å². The number of allylic oxidation sites excluding steroid dienone is 2. The van der Waals surface area contributed by atoms with Gasteiger partial charge in [-0.05, 0) is 30.5 Å². The van der Waals surface area contributed by atoms with Crippen LogP contribution in [0.4, 0.5) is 5.69 Å². The highest BCUT2D eigenvalue weighted by molar-refractivity contribution is 5.75. The Morgan fingerprint density at radius 2 is 2.00 bits per heavy atom. The molecule has 0 saturated carbocycles. The zero-order chi connectivity index (χ0) is 11.3. The molecule has 0 radical (unpaired) electrons. The monoisotopic (exact) mass is 202 g/mol. The van der Waals surface area contributed by atoms with Gasteiger partial charge >= 0.3 is 0 Å². The summed E-state index contributed by atoms with van der Waals surface area (Å²) in [5.41, 5.74) is 8.81. The van der Waals surface area contributed by atoms with Crippen LogP contribution in [0.3, 0.4) is 0 Å². The summed E-state index contributed by atoms with van der Waals surface area (Å²) in [7, 11) is 0. The van der Waals surface area contributed by atoms with Gasteiger partial charge in [-0.1, -0.05) is 32.0 Å². The van der Waals surface area contributed by atoms with Gasteiger partial charge in [-0.3, -0.25) is 4.99 Å². The summed E-state index contributed by atoms with van der Waals surface area (Å²) in [5.74, 6) is 0.369. The second-order valence-corrected chi connectivity index (χ2v) is 3.89. The molecule has 0 unspecified atom stereocenters. The first-order chi connectivity index (χ1) is 7.11. The molecule has 2 N–H and O–H groups in total. The van der Waals surface area contributed by atoms with E-state index in [0.29, 0.717) is 5.92 Å². The summed E-state index contributed by atoms with van der Waals surface area (Å²) in [6, 6.07) is 8.02. The third-order valence-electron chi connectivity index (χ3n) is 2.26. The third-order valence-corrected chi connectivity index (χ3v) is 2.26. The van der Waals surface area contributed by atoms with Crippen molar-refractivity contribution in [1.29, 1.82) is 0 Å². The first kappa shape index (κ1) is 11.5. The van der Waals surface area contributed by atoms with E-state index in [9.17, 15) is 0 Å². The molecule has 80 valence electrons. The molecule has 2 nitrogen and oxygen atoms in total. The molecular formula is C13H18N2. The molecule has 0 bridgehead atoms. The molecule has 0 atom stereocenters. The van der Waals surface area contributed by atoms with Crippen LogP contribution in [-0.2, 0) is 0 Å². The van der Waals surface area contributed by atoms with Gasteiger partial charge in [-0.2, -0.15) is 0 Å². The number of hydrogen-bond acceptors (Lipinski definition) is 2. The lowest BCUT2D eigenvalue weighted by molar-refractivity contribution is 0.759. The quantitative estimate of drug-likeness (QED) is 0.751. The maximum absolute atomic E-state index is 5.79. The SMILES string of the molecule is Cc1ccccc1N=CC=C(N)C(C)C. The Hall–Kier alpha value is -1.57. The summed E-state index contributed by atoms with van der Waals surface area (Å²) >= 11 is 0. The predicted molar refractivity (Wildman–Crippen MR) is 66.4 cm³/mol. The van der Waals surface area contributed by atoms with Gasteiger partial charge in [0, 0.05) is 11.9 Å². The Kier molecular flexibility index (Phi) is 4.10. The first-order valence-electron chi connectivity index (χ1n) is 5.16. The van der Waals surface area contributed by atoms with Crippen LogP contribution in [0.15, 0.2) is 41.0 Å². The van der Waals surface area contributed by atoms with Crippen LogP contribution in [0.2, 0.25) is 0 Å². The van der Waals surface area contributed by atoms with Crippen LogP contribution in [0.25, 0.3) is 0 Å². The van der Waals surface area contributed by atoms with E-state index >= 15 is 0 Å². The van der Waals surface area contributed by atoms with Crippen LogP contribution in [0, 0.1) is 12.8 Å². The average molecular weight is 202 g/mol. The highest BCUT2D eigenvalue weighted by Crippen LogP contribution is 2.16. The highest BCUT2D eigenvalue weighted by Gasteiger charge is 1.94. The van der Waals surface area contributed by atoms with Crippen molar-refractivity contribution in [2.24, 2.45) is 16.6 Å². The number of nitrogens with two attached hydrogens (primary N) is 1. The number of rotatable bonds is 3. The predicted octanol–water partition coefficient (Wildman–Crippen LogP) is 3.20. The summed E-state index contributed by atoms with van der Waals surface area (Å²) in [5, 5.41) is 0. The molecule has 2 heteroatoms. The minimum absolute atomic E-state index is 0.369. The molecule has 15 heavy (non-hydrogen) atoms. The zero-order valence-corrected chi connectivity index (χ0v) is 9.57. The minimum atomic E-state index is 0.369. The van der Waals surface area contributed by atoms with Crippen LogP contribution in [0.5, 0.6) is 0 Å². The van der Waals surface area contributed by atoms with E-state index in [1.807, 2.05) is 37.3 Å². The molecule has 0 heterocycles. The maximum atomic E-state index is 5.79. The van der Waals surface area contributed by atoms with E-state index in [-0.39, 0.29) is 0 Å². The molecule has 1 aromatic rings. The number of benzene rings is 1. The lowest BCUT2D eigenvalue weighted by Gasteiger charge is -2.02. The molecule has 0 aliphatic heterocycles. The van der Waals surface area contributed by atoms with E-state index in [2.05, 4.69) is 18.8 Å². The Labute approximate surface area is 91.5 Å². The van der Waals surface area contributed by atoms with E-state index in [4.69, 9.17) is 5.73 Å². The van der Waals surface area contributed by atoms with Crippen molar-refractivity contribution in [3.8, 4) is 0 Å². The van der Waals surface area contributed by atoms with Crippen molar-refractivity contribution >= 4 is 11.9 Å². The van der Waals surface area contributed by atoms with Crippen molar-refractivity contribution in [2.75, 3.05) is 0 Å². The van der Waals surface area contributed by atoms with Gasteiger partial charge in [0.15, 0.2) is 0 Å². The molecule has 1 aromatic carbocycles. The van der Waals surface area contributed by atoms with Gasteiger partial charge in [0.05, 0.1) is 5.69 Å². The smallest absolute Gasteiger partial charge is 0.0658 e. The third kappa shape index (κ3) is 3.58. The summed E-state index contributed by atoms with van der Waals surface area (Å²) < 4.78 is 0.